The molecule has 0 radical (unpaired) electrons. The first-order valence-electron chi connectivity index (χ1n) is 17.4. The predicted octanol–water partition coefficient (Wildman–Crippen LogP) is 13.2. The molecular formula is C50H40O. The lowest BCUT2D eigenvalue weighted by molar-refractivity contribution is 0.221. The van der Waals surface area contributed by atoms with Gasteiger partial charge in [0.25, 0.3) is 0 Å². The van der Waals surface area contributed by atoms with Crippen LogP contribution in [0.4, 0.5) is 0 Å². The predicted molar refractivity (Wildman–Crippen MR) is 217 cm³/mol. The summed E-state index contributed by atoms with van der Waals surface area (Å²) < 4.78 is 0. The summed E-state index contributed by atoms with van der Waals surface area (Å²) in [5.41, 5.74) is 14.4. The van der Waals surface area contributed by atoms with Gasteiger partial charge < -0.3 is 5.11 Å². The molecule has 0 spiro atoms. The van der Waals surface area contributed by atoms with Gasteiger partial charge in [-0.05, 0) is 84.8 Å². The second kappa shape index (κ2) is 15.5. The van der Waals surface area contributed by atoms with Crippen LogP contribution in [0.25, 0.3) is 61.2 Å². The molecule has 0 aliphatic rings. The summed E-state index contributed by atoms with van der Waals surface area (Å²) in [4.78, 5) is 0. The first-order valence-corrected chi connectivity index (χ1v) is 17.4. The molecule has 7 aromatic carbocycles. The number of hydrogen-bond donors (Lipinski definition) is 1. The van der Waals surface area contributed by atoms with E-state index in [0.29, 0.717) is 0 Å². The molecule has 0 fully saturated rings. The number of rotatable bonds is 10. The van der Waals surface area contributed by atoms with E-state index >= 15 is 0 Å². The van der Waals surface area contributed by atoms with Crippen LogP contribution in [0.3, 0.4) is 0 Å². The summed E-state index contributed by atoms with van der Waals surface area (Å²) >= 11 is 0. The van der Waals surface area contributed by atoms with Crippen molar-refractivity contribution in [1.29, 1.82) is 0 Å². The molecule has 1 unspecified atom stereocenters. The van der Waals surface area contributed by atoms with Crippen LogP contribution in [0.2, 0.25) is 0 Å². The smallest absolute Gasteiger partial charge is 0.105 e. The van der Waals surface area contributed by atoms with E-state index in [-0.39, 0.29) is 0 Å². The number of benzene rings is 7. The molecule has 0 aliphatic heterocycles. The lowest BCUT2D eigenvalue weighted by Gasteiger charge is -2.26. The lowest BCUT2D eigenvalue weighted by Crippen LogP contribution is -2.08. The quantitative estimate of drug-likeness (QED) is 0.145. The van der Waals surface area contributed by atoms with Crippen molar-refractivity contribution in [2.75, 3.05) is 0 Å². The Morgan fingerprint density at radius 1 is 0.471 bits per heavy atom. The van der Waals surface area contributed by atoms with Crippen LogP contribution >= 0.6 is 0 Å². The summed E-state index contributed by atoms with van der Waals surface area (Å²) in [6.45, 7) is 6.21. The Labute approximate surface area is 301 Å². The van der Waals surface area contributed by atoms with Gasteiger partial charge in [-0.2, -0.15) is 0 Å². The maximum atomic E-state index is 13.0. The van der Waals surface area contributed by atoms with Crippen LogP contribution in [0, 0.1) is 0 Å². The van der Waals surface area contributed by atoms with Crippen LogP contribution in [0.15, 0.2) is 207 Å². The van der Waals surface area contributed by atoms with Gasteiger partial charge in [0, 0.05) is 0 Å². The van der Waals surface area contributed by atoms with Gasteiger partial charge >= 0.3 is 0 Å². The van der Waals surface area contributed by atoms with Crippen LogP contribution in [-0.2, 0) is 0 Å². The zero-order valence-corrected chi connectivity index (χ0v) is 28.8. The van der Waals surface area contributed by atoms with Crippen molar-refractivity contribution in [2.45, 2.75) is 13.0 Å². The summed E-state index contributed by atoms with van der Waals surface area (Å²) in [7, 11) is 0. The number of aliphatic hydroxyl groups excluding tert-OH is 1. The molecule has 246 valence electrons. The maximum Gasteiger partial charge on any atom is 0.105 e. The molecule has 0 bridgehead atoms. The standard InChI is InChI=1S/C50H40O/c1-3-5-21-36(4-2)42-32-34-44(48(40-28-17-9-18-29-40)46(42)38-24-13-7-14-25-38)50(51)45-35-33-43(37-22-11-6-12-23-37)47(39-26-15-8-16-27-39)49(45)41-30-19-10-20-31-41/h3-35,50-51H,2H2,1H3/b5-3-,36-21+. The minimum Gasteiger partial charge on any atom is -0.384 e. The zero-order valence-electron chi connectivity index (χ0n) is 28.8. The number of hydrogen-bond acceptors (Lipinski definition) is 1. The zero-order chi connectivity index (χ0) is 35.0. The van der Waals surface area contributed by atoms with Crippen molar-refractivity contribution in [2.24, 2.45) is 0 Å². The average Bonchev–Trinajstić information content (AvgIpc) is 3.21. The van der Waals surface area contributed by atoms with Crippen molar-refractivity contribution in [3.05, 3.63) is 223 Å². The van der Waals surface area contributed by atoms with E-state index < -0.39 is 6.10 Å². The monoisotopic (exact) mass is 656 g/mol. The Morgan fingerprint density at radius 2 is 0.863 bits per heavy atom. The molecule has 1 atom stereocenters. The molecule has 0 saturated heterocycles. The molecule has 0 aromatic heterocycles. The molecule has 0 heterocycles. The first-order chi connectivity index (χ1) is 25.2. The van der Waals surface area contributed by atoms with Gasteiger partial charge in [-0.15, -0.1) is 0 Å². The molecule has 7 aromatic rings. The Kier molecular flexibility index (Phi) is 10.1. The Bertz CT molecular complexity index is 2300. The minimum atomic E-state index is -0.953. The number of aliphatic hydroxyl groups is 1. The van der Waals surface area contributed by atoms with Gasteiger partial charge in [-0.3, -0.25) is 0 Å². The third-order valence-corrected chi connectivity index (χ3v) is 9.40. The molecule has 0 amide bonds. The van der Waals surface area contributed by atoms with Gasteiger partial charge in [0.1, 0.15) is 6.10 Å². The van der Waals surface area contributed by atoms with Crippen LogP contribution in [-0.4, -0.2) is 5.11 Å². The fraction of sp³-hybridized carbons (Fsp3) is 0.0400. The van der Waals surface area contributed by atoms with E-state index in [0.717, 1.165) is 77.9 Å². The fourth-order valence-electron chi connectivity index (χ4n) is 7.07. The molecule has 7 rings (SSSR count). The van der Waals surface area contributed by atoms with Gasteiger partial charge in [-0.1, -0.05) is 207 Å². The molecule has 1 N–H and O–H groups in total. The Morgan fingerprint density at radius 3 is 1.31 bits per heavy atom. The molecule has 0 aliphatic carbocycles. The largest absolute Gasteiger partial charge is 0.384 e. The second-order valence-electron chi connectivity index (χ2n) is 12.5. The average molecular weight is 657 g/mol. The molecule has 0 saturated carbocycles. The Balaban J connectivity index is 1.58. The highest BCUT2D eigenvalue weighted by Crippen LogP contribution is 2.48. The van der Waals surface area contributed by atoms with E-state index in [4.69, 9.17) is 0 Å². The Hall–Kier alpha value is -6.28. The van der Waals surface area contributed by atoms with Crippen LogP contribution < -0.4 is 0 Å². The second-order valence-corrected chi connectivity index (χ2v) is 12.5. The highest BCUT2D eigenvalue weighted by molar-refractivity contribution is 5.98. The van der Waals surface area contributed by atoms with E-state index in [1.165, 1.54) is 0 Å². The van der Waals surface area contributed by atoms with Crippen molar-refractivity contribution < 1.29 is 5.11 Å². The highest BCUT2D eigenvalue weighted by Gasteiger charge is 2.27. The van der Waals surface area contributed by atoms with Crippen molar-refractivity contribution >= 4 is 5.57 Å². The minimum absolute atomic E-state index is 0.835. The van der Waals surface area contributed by atoms with Gasteiger partial charge in [-0.25, -0.2) is 0 Å². The van der Waals surface area contributed by atoms with Crippen molar-refractivity contribution in [3.8, 4) is 55.6 Å². The normalized spacial score (nSPS) is 12.2. The summed E-state index contributed by atoms with van der Waals surface area (Å²) in [6, 6.07) is 61.0. The van der Waals surface area contributed by atoms with E-state index in [1.807, 2.05) is 55.5 Å². The third-order valence-electron chi connectivity index (χ3n) is 9.40. The summed E-state index contributed by atoms with van der Waals surface area (Å²) in [5.74, 6) is 0. The lowest BCUT2D eigenvalue weighted by atomic mass is 9.79. The fourth-order valence-corrected chi connectivity index (χ4v) is 7.07. The summed E-state index contributed by atoms with van der Waals surface area (Å²) in [5, 5.41) is 13.0. The van der Waals surface area contributed by atoms with Crippen LogP contribution in [0.1, 0.15) is 29.7 Å². The molecule has 1 heteroatoms. The van der Waals surface area contributed by atoms with E-state index in [1.54, 1.807) is 0 Å². The van der Waals surface area contributed by atoms with E-state index in [2.05, 4.69) is 158 Å². The first kappa shape index (κ1) is 33.2. The summed E-state index contributed by atoms with van der Waals surface area (Å²) in [6.07, 6.45) is 7.13. The van der Waals surface area contributed by atoms with Crippen molar-refractivity contribution in [3.63, 3.8) is 0 Å². The van der Waals surface area contributed by atoms with Gasteiger partial charge in [0.2, 0.25) is 0 Å². The topological polar surface area (TPSA) is 20.2 Å². The van der Waals surface area contributed by atoms with Gasteiger partial charge in [0.15, 0.2) is 0 Å². The third kappa shape index (κ3) is 6.81. The molecular weight excluding hydrogens is 617 g/mol. The van der Waals surface area contributed by atoms with Crippen molar-refractivity contribution in [1.82, 2.24) is 0 Å². The maximum absolute atomic E-state index is 13.0. The highest BCUT2D eigenvalue weighted by atomic mass is 16.3. The molecule has 1 nitrogen and oxygen atoms in total. The van der Waals surface area contributed by atoms with Gasteiger partial charge in [0.05, 0.1) is 0 Å². The SMILES string of the molecule is C=C/C(=C\C=C/C)c1ccc(C(O)c2ccc(-c3ccccc3)c(-c3ccccc3)c2-c2ccccc2)c(-c2ccccc2)c1-c1ccccc1. The van der Waals surface area contributed by atoms with Crippen LogP contribution in [0.5, 0.6) is 0 Å². The molecule has 51 heavy (non-hydrogen) atoms. The number of allylic oxidation sites excluding steroid dienone is 5. The van der Waals surface area contributed by atoms with E-state index in [9.17, 15) is 5.11 Å².